The fourth-order valence-corrected chi connectivity index (χ4v) is 9.07. The average molecular weight is 717 g/mol. The summed E-state index contributed by atoms with van der Waals surface area (Å²) in [7, 11) is 0. The third-order valence-electron chi connectivity index (χ3n) is 12.2. The van der Waals surface area contributed by atoms with Gasteiger partial charge in [0.15, 0.2) is 12.2 Å². The number of hydrogen-bond acceptors (Lipinski definition) is 4. The topological polar surface area (TPSA) is 52.6 Å². The Balaban J connectivity index is 1.00. The van der Waals surface area contributed by atoms with Crippen molar-refractivity contribution >= 4 is 11.9 Å². The number of piperidine rings is 2. The standard InChI is InChI=1S/C47H60N2O4/c1-3-48(34-20-30-42(36-48)52-46(50)44(38-22-10-5-11-23-38)39-24-12-6-13-25-39)32-18-9-19-33-49(4-2)35-21-31-43(37-49)53-47(51)45(40-26-14-7-15-27-40)41-28-16-8-17-29-41/h5-8,10-17,22-29,42-45H,3-4,9,18-21,30-37H2,1-2H3/q+2. The van der Waals surface area contributed by atoms with Crippen LogP contribution >= 0.6 is 0 Å². The van der Waals surface area contributed by atoms with Crippen LogP contribution in [0.5, 0.6) is 0 Å². The molecule has 2 saturated heterocycles. The maximum atomic E-state index is 13.8. The van der Waals surface area contributed by atoms with Gasteiger partial charge in [0.05, 0.1) is 39.3 Å². The Bertz CT molecular complexity index is 1500. The number of quaternary nitrogens is 2. The molecule has 0 radical (unpaired) electrons. The highest BCUT2D eigenvalue weighted by molar-refractivity contribution is 5.83. The van der Waals surface area contributed by atoms with E-state index in [9.17, 15) is 9.59 Å². The normalized spacial score (nSPS) is 23.1. The van der Waals surface area contributed by atoms with Crippen LogP contribution in [0.15, 0.2) is 121 Å². The lowest BCUT2D eigenvalue weighted by molar-refractivity contribution is -0.935. The summed E-state index contributed by atoms with van der Waals surface area (Å²) in [5, 5.41) is 0. The number of nitrogens with zero attached hydrogens (tertiary/aromatic N) is 2. The number of rotatable bonds is 16. The van der Waals surface area contributed by atoms with Crippen LogP contribution in [0, 0.1) is 0 Å². The van der Waals surface area contributed by atoms with Crippen molar-refractivity contribution in [2.24, 2.45) is 0 Å². The Morgan fingerprint density at radius 2 is 0.849 bits per heavy atom. The van der Waals surface area contributed by atoms with Gasteiger partial charge in [0.25, 0.3) is 0 Å². The van der Waals surface area contributed by atoms with Gasteiger partial charge < -0.3 is 18.4 Å². The van der Waals surface area contributed by atoms with Crippen LogP contribution in [0.2, 0.25) is 0 Å². The summed E-state index contributed by atoms with van der Waals surface area (Å²) in [5.41, 5.74) is 3.91. The van der Waals surface area contributed by atoms with E-state index in [4.69, 9.17) is 9.47 Å². The SMILES string of the molecule is CC[N+]1(CCCCC[N+]2(CC)CCCC(OC(=O)C(c3ccccc3)c3ccccc3)C2)CCCC(OC(=O)C(c2ccccc2)c2ccccc2)C1. The van der Waals surface area contributed by atoms with Gasteiger partial charge in [-0.1, -0.05) is 121 Å². The third kappa shape index (κ3) is 10.0. The lowest BCUT2D eigenvalue weighted by atomic mass is 9.91. The molecule has 4 aromatic carbocycles. The first-order valence-corrected chi connectivity index (χ1v) is 20.2. The van der Waals surface area contributed by atoms with E-state index in [1.54, 1.807) is 0 Å². The molecule has 0 amide bonds. The molecule has 4 atom stereocenters. The number of likely N-dealkylation sites (N-methyl/N-ethyl adjacent to an activating group) is 2. The van der Waals surface area contributed by atoms with Crippen molar-refractivity contribution in [2.45, 2.75) is 82.8 Å². The van der Waals surface area contributed by atoms with Gasteiger partial charge in [0.2, 0.25) is 0 Å². The number of carbonyl (C=O) groups is 2. The van der Waals surface area contributed by atoms with E-state index >= 15 is 0 Å². The summed E-state index contributed by atoms with van der Waals surface area (Å²) in [6, 6.07) is 40.2. The number of likely N-dealkylation sites (tertiary alicyclic amines) is 2. The largest absolute Gasteiger partial charge is 0.456 e. The zero-order valence-electron chi connectivity index (χ0n) is 32.0. The molecule has 2 heterocycles. The smallest absolute Gasteiger partial charge is 0.318 e. The molecule has 0 saturated carbocycles. The molecule has 2 fully saturated rings. The Kier molecular flexibility index (Phi) is 13.5. The van der Waals surface area contributed by atoms with Gasteiger partial charge in [-0.3, -0.25) is 9.59 Å². The molecule has 0 aromatic heterocycles. The molecule has 280 valence electrons. The molecule has 0 bridgehead atoms. The maximum absolute atomic E-state index is 13.8. The number of unbranched alkanes of at least 4 members (excludes halogenated alkanes) is 2. The molecular weight excluding hydrogens is 657 g/mol. The molecule has 0 spiro atoms. The Morgan fingerprint density at radius 1 is 0.528 bits per heavy atom. The molecule has 53 heavy (non-hydrogen) atoms. The molecule has 6 rings (SSSR count). The molecule has 4 aromatic rings. The predicted molar refractivity (Wildman–Crippen MR) is 212 cm³/mol. The van der Waals surface area contributed by atoms with Crippen LogP contribution in [-0.2, 0) is 19.1 Å². The Hall–Kier alpha value is -4.26. The summed E-state index contributed by atoms with van der Waals surface area (Å²) >= 11 is 0. The number of hydrogen-bond donors (Lipinski definition) is 0. The minimum Gasteiger partial charge on any atom is -0.456 e. The van der Waals surface area contributed by atoms with E-state index in [-0.39, 0.29) is 24.1 Å². The second-order valence-corrected chi connectivity index (χ2v) is 15.5. The zero-order chi connectivity index (χ0) is 36.9. The molecule has 0 N–H and O–H groups in total. The lowest BCUT2D eigenvalue weighted by Crippen LogP contribution is -2.57. The third-order valence-corrected chi connectivity index (χ3v) is 12.2. The van der Waals surface area contributed by atoms with Crippen molar-refractivity contribution in [1.29, 1.82) is 0 Å². The van der Waals surface area contributed by atoms with Crippen molar-refractivity contribution in [3.63, 3.8) is 0 Å². The molecule has 2 aliphatic rings. The van der Waals surface area contributed by atoms with Gasteiger partial charge in [0, 0.05) is 12.8 Å². The summed E-state index contributed by atoms with van der Waals surface area (Å²) < 4.78 is 14.8. The maximum Gasteiger partial charge on any atom is 0.318 e. The van der Waals surface area contributed by atoms with E-state index < -0.39 is 11.8 Å². The Labute approximate surface area is 317 Å². The van der Waals surface area contributed by atoms with Crippen LogP contribution in [0.25, 0.3) is 0 Å². The first-order valence-electron chi connectivity index (χ1n) is 20.2. The first kappa shape index (κ1) is 38.5. The monoisotopic (exact) mass is 716 g/mol. The second kappa shape index (κ2) is 18.7. The van der Waals surface area contributed by atoms with Gasteiger partial charge in [-0.2, -0.15) is 0 Å². The number of benzene rings is 4. The van der Waals surface area contributed by atoms with Crippen molar-refractivity contribution in [3.8, 4) is 0 Å². The lowest BCUT2D eigenvalue weighted by Gasteiger charge is -2.44. The number of ether oxygens (including phenoxy) is 2. The van der Waals surface area contributed by atoms with Crippen molar-refractivity contribution < 1.29 is 28.0 Å². The summed E-state index contributed by atoms with van der Waals surface area (Å²) in [6.07, 6.45) is 7.43. The highest BCUT2D eigenvalue weighted by Crippen LogP contribution is 2.31. The van der Waals surface area contributed by atoms with Gasteiger partial charge in [-0.25, -0.2) is 0 Å². The van der Waals surface area contributed by atoms with Gasteiger partial charge in [0.1, 0.15) is 24.9 Å². The Morgan fingerprint density at radius 3 is 1.15 bits per heavy atom. The van der Waals surface area contributed by atoms with Crippen LogP contribution < -0.4 is 0 Å². The van der Waals surface area contributed by atoms with Crippen molar-refractivity contribution in [2.75, 3.05) is 52.4 Å². The minimum absolute atomic E-state index is 0.0589. The number of esters is 2. The molecule has 6 nitrogen and oxygen atoms in total. The number of carbonyl (C=O) groups excluding carboxylic acids is 2. The van der Waals surface area contributed by atoms with Crippen molar-refractivity contribution in [3.05, 3.63) is 144 Å². The van der Waals surface area contributed by atoms with E-state index in [1.165, 1.54) is 19.3 Å². The van der Waals surface area contributed by atoms with Gasteiger partial charge in [-0.15, -0.1) is 0 Å². The molecule has 6 heteroatoms. The van der Waals surface area contributed by atoms with Crippen LogP contribution in [0.3, 0.4) is 0 Å². The average Bonchev–Trinajstić information content (AvgIpc) is 3.20. The molecular formula is C47H60N2O4+2. The highest BCUT2D eigenvalue weighted by atomic mass is 16.5. The van der Waals surface area contributed by atoms with Crippen molar-refractivity contribution in [1.82, 2.24) is 0 Å². The van der Waals surface area contributed by atoms with Crippen LogP contribution in [-0.4, -0.2) is 85.5 Å². The summed E-state index contributed by atoms with van der Waals surface area (Å²) in [5.74, 6) is -1.11. The van der Waals surface area contributed by atoms with E-state index in [1.807, 2.05) is 121 Å². The highest BCUT2D eigenvalue weighted by Gasteiger charge is 2.39. The fraction of sp³-hybridized carbons (Fsp3) is 0.447. The predicted octanol–water partition coefficient (Wildman–Crippen LogP) is 8.91. The van der Waals surface area contributed by atoms with E-state index in [0.717, 1.165) is 109 Å². The molecule has 4 unspecified atom stereocenters. The molecule has 0 aliphatic carbocycles. The van der Waals surface area contributed by atoms with Crippen LogP contribution in [0.1, 0.15) is 92.9 Å². The summed E-state index contributed by atoms with van der Waals surface area (Å²) in [6.45, 7) is 13.1. The van der Waals surface area contributed by atoms with Gasteiger partial charge in [-0.05, 0) is 68.2 Å². The summed E-state index contributed by atoms with van der Waals surface area (Å²) in [4.78, 5) is 27.6. The second-order valence-electron chi connectivity index (χ2n) is 15.5. The van der Waals surface area contributed by atoms with Gasteiger partial charge >= 0.3 is 11.9 Å². The fourth-order valence-electron chi connectivity index (χ4n) is 9.07. The van der Waals surface area contributed by atoms with E-state index in [0.29, 0.717) is 0 Å². The minimum atomic E-state index is -0.413. The zero-order valence-corrected chi connectivity index (χ0v) is 32.0. The van der Waals surface area contributed by atoms with E-state index in [2.05, 4.69) is 13.8 Å². The van der Waals surface area contributed by atoms with Crippen LogP contribution in [0.4, 0.5) is 0 Å². The molecule has 2 aliphatic heterocycles. The first-order chi connectivity index (χ1) is 25.9. The quantitative estimate of drug-likeness (QED) is 0.0661.